The molecule has 18 heavy (non-hydrogen) atoms. The van der Waals surface area contributed by atoms with Crippen molar-refractivity contribution in [3.63, 3.8) is 0 Å². The molecule has 0 amide bonds. The van der Waals surface area contributed by atoms with Gasteiger partial charge < -0.3 is 6.33 Å². The second kappa shape index (κ2) is 4.65. The molecule has 0 fully saturated rings. The van der Waals surface area contributed by atoms with E-state index in [1.165, 1.54) is 12.1 Å². The fourth-order valence-corrected chi connectivity index (χ4v) is 2.70. The van der Waals surface area contributed by atoms with E-state index < -0.39 is 10.1 Å². The monoisotopic (exact) mass is 277 g/mol. The summed E-state index contributed by atoms with van der Waals surface area (Å²) in [4.78, 5) is 1.86. The Balaban J connectivity index is 0.00000162. The van der Waals surface area contributed by atoms with Gasteiger partial charge in [-0.3, -0.25) is 4.55 Å². The van der Waals surface area contributed by atoms with Gasteiger partial charge >= 0.3 is 29.6 Å². The molecule has 0 atom stereocenters. The Morgan fingerprint density at radius 2 is 1.94 bits per heavy atom. The Hall–Kier alpha value is -0.330. The molecular weight excluding hydrogens is 261 g/mol. The summed E-state index contributed by atoms with van der Waals surface area (Å²) in [7, 11) is -2.27. The van der Waals surface area contributed by atoms with Crippen LogP contribution in [0.15, 0.2) is 35.4 Å². The van der Waals surface area contributed by atoms with Gasteiger partial charge in [0.2, 0.25) is 0 Å². The van der Waals surface area contributed by atoms with Crippen molar-refractivity contribution in [2.75, 3.05) is 11.9 Å². The maximum absolute atomic E-state index is 11.1. The van der Waals surface area contributed by atoms with Gasteiger partial charge in [-0.05, 0) is 23.8 Å². The minimum Gasteiger partial charge on any atom is -1.00 e. The molecule has 0 saturated carbocycles. The molecule has 0 aliphatic carbocycles. The summed E-state index contributed by atoms with van der Waals surface area (Å²) in [6.45, 7) is 7.96. The number of anilines is 1. The molecule has 0 radical (unpaired) electrons. The summed E-state index contributed by atoms with van der Waals surface area (Å²) < 4.78 is 31.3. The number of rotatable bonds is 1. The number of likely N-dealkylation sites (N-methyl/N-ethyl adjacent to an activating group) is 1. The first-order valence-electron chi connectivity index (χ1n) is 5.21. The Kier molecular flexibility index (Phi) is 4.06. The van der Waals surface area contributed by atoms with Crippen LogP contribution in [0.1, 0.15) is 20.8 Å². The molecule has 1 heterocycles. The zero-order valence-corrected chi connectivity index (χ0v) is 13.9. The summed E-state index contributed by atoms with van der Waals surface area (Å²) in [6.07, 6.45) is 0. The van der Waals surface area contributed by atoms with E-state index in [0.29, 0.717) is 0 Å². The predicted molar refractivity (Wildman–Crippen MR) is 67.9 cm³/mol. The molecule has 0 spiro atoms. The van der Waals surface area contributed by atoms with Crippen LogP contribution >= 0.6 is 0 Å². The maximum Gasteiger partial charge on any atom is 1.00 e. The van der Waals surface area contributed by atoms with E-state index in [-0.39, 0.29) is 41.3 Å². The molecule has 1 N–H and O–H groups in total. The maximum atomic E-state index is 11.1. The molecule has 0 bridgehead atoms. The van der Waals surface area contributed by atoms with E-state index in [1.807, 2.05) is 25.8 Å². The number of allylic oxidation sites excluding steroid dienone is 1. The van der Waals surface area contributed by atoms with Crippen LogP contribution in [0.25, 0.3) is 0 Å². The van der Waals surface area contributed by atoms with Gasteiger partial charge in [0.15, 0.2) is 0 Å². The van der Waals surface area contributed by atoms with E-state index in [4.69, 9.17) is 4.55 Å². The number of hydrogen-bond donors (Lipinski definition) is 1. The molecule has 1 aliphatic rings. The Morgan fingerprint density at radius 1 is 1.39 bits per heavy atom. The summed E-state index contributed by atoms with van der Waals surface area (Å²) in [5.74, 6) is 0. The number of nitrogens with zero attached hydrogens (tertiary/aromatic N) is 1. The van der Waals surface area contributed by atoms with Gasteiger partial charge in [-0.15, -0.1) is 0 Å². The van der Waals surface area contributed by atoms with Crippen molar-refractivity contribution >= 4 is 15.8 Å². The molecular formula is C12H16NNaO3S. The Bertz CT molecular complexity index is 613. The van der Waals surface area contributed by atoms with Crippen LogP contribution in [-0.4, -0.2) is 20.0 Å². The van der Waals surface area contributed by atoms with Crippen molar-refractivity contribution in [1.29, 1.82) is 0 Å². The van der Waals surface area contributed by atoms with E-state index in [2.05, 4.69) is 6.58 Å². The average Bonchev–Trinajstić information content (AvgIpc) is 2.39. The van der Waals surface area contributed by atoms with Gasteiger partial charge in [-0.25, -0.2) is 0 Å². The van der Waals surface area contributed by atoms with Crippen LogP contribution in [0.4, 0.5) is 5.69 Å². The van der Waals surface area contributed by atoms with Crippen LogP contribution in [0.5, 0.6) is 0 Å². The summed E-state index contributed by atoms with van der Waals surface area (Å²) in [5, 5.41) is 0. The standard InChI is InChI=1S/C12H15NO3S.Na.H/c1-8-12(2,3)10-7-9(17(14,15)16)5-6-11(10)13(8)4;;/h5-7H,1H2,2-4H3,(H,14,15,16);;/q;+1;-1. The first-order chi connectivity index (χ1) is 7.65. The first kappa shape index (κ1) is 15.7. The normalized spacial score (nSPS) is 17.3. The molecule has 1 aliphatic heterocycles. The molecule has 2 rings (SSSR count). The Morgan fingerprint density at radius 3 is 2.44 bits per heavy atom. The fraction of sp³-hybridized carbons (Fsp3) is 0.333. The fourth-order valence-electron chi connectivity index (χ4n) is 2.19. The van der Waals surface area contributed by atoms with Gasteiger partial charge in [-0.1, -0.05) is 20.4 Å². The van der Waals surface area contributed by atoms with Crippen LogP contribution in [0.3, 0.4) is 0 Å². The smallest absolute Gasteiger partial charge is 1.00 e. The third kappa shape index (κ3) is 2.26. The molecule has 0 saturated heterocycles. The third-order valence-electron chi connectivity index (χ3n) is 3.43. The van der Waals surface area contributed by atoms with Crippen molar-refractivity contribution in [2.24, 2.45) is 0 Å². The average molecular weight is 277 g/mol. The van der Waals surface area contributed by atoms with Gasteiger partial charge in [0, 0.05) is 23.8 Å². The molecule has 4 nitrogen and oxygen atoms in total. The zero-order chi connectivity index (χ0) is 13.0. The van der Waals surface area contributed by atoms with Crippen LogP contribution in [0.2, 0.25) is 0 Å². The van der Waals surface area contributed by atoms with E-state index in [0.717, 1.165) is 16.9 Å². The van der Waals surface area contributed by atoms with Gasteiger partial charge in [0.25, 0.3) is 10.1 Å². The first-order valence-corrected chi connectivity index (χ1v) is 6.65. The molecule has 94 valence electrons. The molecule has 1 aromatic carbocycles. The predicted octanol–water partition coefficient (Wildman–Crippen LogP) is -0.709. The summed E-state index contributed by atoms with van der Waals surface area (Å²) in [5.41, 5.74) is 2.36. The van der Waals surface area contributed by atoms with Crippen molar-refractivity contribution in [2.45, 2.75) is 24.2 Å². The van der Waals surface area contributed by atoms with Gasteiger partial charge in [0.1, 0.15) is 0 Å². The van der Waals surface area contributed by atoms with Crippen molar-refractivity contribution in [3.05, 3.63) is 36.0 Å². The minimum atomic E-state index is -4.16. The van der Waals surface area contributed by atoms with Gasteiger partial charge in [-0.2, -0.15) is 8.42 Å². The number of fused-ring (bicyclic) bond motifs is 1. The van der Waals surface area contributed by atoms with Gasteiger partial charge in [0.05, 0.1) is 4.90 Å². The van der Waals surface area contributed by atoms with E-state index >= 15 is 0 Å². The number of hydrogen-bond acceptors (Lipinski definition) is 3. The number of benzene rings is 1. The third-order valence-corrected chi connectivity index (χ3v) is 4.28. The molecule has 0 aromatic heterocycles. The topological polar surface area (TPSA) is 57.6 Å². The largest absolute Gasteiger partial charge is 1.00 e. The van der Waals surface area contributed by atoms with Crippen molar-refractivity contribution in [1.82, 2.24) is 0 Å². The molecule has 1 aromatic rings. The SMILES string of the molecule is C=C1N(C)c2ccc(S(=O)(=O)O)cc2C1(C)C.[H-].[Na+]. The second-order valence-electron chi connectivity index (χ2n) is 4.78. The van der Waals surface area contributed by atoms with Crippen LogP contribution in [-0.2, 0) is 15.5 Å². The minimum absolute atomic E-state index is 0. The van der Waals surface area contributed by atoms with E-state index in [1.54, 1.807) is 6.07 Å². The zero-order valence-electron chi connectivity index (χ0n) is 12.1. The van der Waals surface area contributed by atoms with Crippen LogP contribution < -0.4 is 34.5 Å². The summed E-state index contributed by atoms with van der Waals surface area (Å²) in [6, 6.07) is 4.61. The molecule has 0 unspecified atom stereocenters. The van der Waals surface area contributed by atoms with Crippen molar-refractivity contribution < 1.29 is 44.0 Å². The van der Waals surface area contributed by atoms with Crippen molar-refractivity contribution in [3.8, 4) is 0 Å². The van der Waals surface area contributed by atoms with E-state index in [9.17, 15) is 8.42 Å². The summed E-state index contributed by atoms with van der Waals surface area (Å²) >= 11 is 0. The molecule has 6 heteroatoms. The quantitative estimate of drug-likeness (QED) is 0.544. The van der Waals surface area contributed by atoms with Crippen LogP contribution in [0, 0.1) is 0 Å². The second-order valence-corrected chi connectivity index (χ2v) is 6.21. The Labute approximate surface area is 131 Å².